The van der Waals surface area contributed by atoms with Crippen LogP contribution in [0.2, 0.25) is 0 Å². The number of methoxy groups -OCH3 is 1. The first-order valence-electron chi connectivity index (χ1n) is 11.8. The number of carbonyl (C=O) groups excluding carboxylic acids is 2. The molecule has 0 bridgehead atoms. The summed E-state index contributed by atoms with van der Waals surface area (Å²) in [7, 11) is 1.33. The van der Waals surface area contributed by atoms with Crippen molar-refractivity contribution in [2.45, 2.75) is 26.2 Å². The molecule has 35 heavy (non-hydrogen) atoms. The summed E-state index contributed by atoms with van der Waals surface area (Å²) in [4.78, 5) is 23.3. The highest BCUT2D eigenvalue weighted by Crippen LogP contribution is 2.22. The van der Waals surface area contributed by atoms with E-state index in [-0.39, 0.29) is 24.8 Å². The van der Waals surface area contributed by atoms with E-state index >= 15 is 0 Å². The summed E-state index contributed by atoms with van der Waals surface area (Å²) in [5.41, 5.74) is 5.72. The van der Waals surface area contributed by atoms with Crippen molar-refractivity contribution in [3.8, 4) is 17.2 Å². The van der Waals surface area contributed by atoms with Gasteiger partial charge in [-0.1, -0.05) is 43.3 Å². The average Bonchev–Trinajstić information content (AvgIpc) is 2.91. The van der Waals surface area contributed by atoms with E-state index in [1.54, 1.807) is 0 Å². The molecule has 3 aromatic rings. The third-order valence-corrected chi connectivity index (χ3v) is 5.87. The van der Waals surface area contributed by atoms with E-state index in [0.717, 1.165) is 36.2 Å². The van der Waals surface area contributed by atoms with Crippen LogP contribution in [0, 0.1) is 17.2 Å². The lowest BCUT2D eigenvalue weighted by Gasteiger charge is -2.14. The first-order chi connectivity index (χ1) is 17.0. The second-order valence-corrected chi connectivity index (χ2v) is 8.57. The lowest BCUT2D eigenvalue weighted by Crippen LogP contribution is -2.26. The van der Waals surface area contributed by atoms with Gasteiger partial charge in [0.2, 0.25) is 0 Å². The number of rotatable bonds is 11. The number of ether oxygens (including phenoxy) is 1. The van der Waals surface area contributed by atoms with Crippen LogP contribution in [0.3, 0.4) is 0 Å². The van der Waals surface area contributed by atoms with Crippen molar-refractivity contribution in [3.63, 3.8) is 0 Å². The van der Waals surface area contributed by atoms with Crippen LogP contribution in [0.1, 0.15) is 41.3 Å². The monoisotopic (exact) mass is 469 g/mol. The van der Waals surface area contributed by atoms with Crippen molar-refractivity contribution < 1.29 is 14.3 Å². The second kappa shape index (κ2) is 13.0. The normalized spacial score (nSPS) is 11.2. The number of hydrogen-bond acceptors (Lipinski definition) is 5. The number of hydrogen-bond donors (Lipinski definition) is 2. The lowest BCUT2D eigenvalue weighted by molar-refractivity contribution is -0.140. The smallest absolute Gasteiger partial charge is 0.307 e. The number of carbonyl (C=O) groups is 2. The molecule has 0 fully saturated rings. The molecule has 0 spiro atoms. The van der Waals surface area contributed by atoms with Crippen molar-refractivity contribution in [1.82, 2.24) is 5.32 Å². The predicted octanol–water partition coefficient (Wildman–Crippen LogP) is 5.20. The zero-order valence-corrected chi connectivity index (χ0v) is 20.2. The number of nitriles is 1. The molecule has 1 atom stereocenters. The molecule has 6 heteroatoms. The van der Waals surface area contributed by atoms with Crippen LogP contribution in [0.4, 0.5) is 5.69 Å². The van der Waals surface area contributed by atoms with Gasteiger partial charge in [-0.3, -0.25) is 9.59 Å². The van der Waals surface area contributed by atoms with Crippen LogP contribution in [0.15, 0.2) is 72.8 Å². The molecule has 2 N–H and O–H groups in total. The van der Waals surface area contributed by atoms with Gasteiger partial charge in [0.05, 0.1) is 25.2 Å². The SMILES string of the molecule is COC(=O)CCNC(=O)c1ccc(CCC(C)CNc2ccc(-c3ccc(C#N)cc3)cc2)cc1. The van der Waals surface area contributed by atoms with Crippen LogP contribution in [-0.2, 0) is 16.0 Å². The number of anilines is 1. The third-order valence-electron chi connectivity index (χ3n) is 5.87. The highest BCUT2D eigenvalue weighted by molar-refractivity contribution is 5.94. The number of esters is 1. The fourth-order valence-electron chi connectivity index (χ4n) is 3.63. The Balaban J connectivity index is 1.40. The zero-order chi connectivity index (χ0) is 25.0. The van der Waals surface area contributed by atoms with Gasteiger partial charge in [0.15, 0.2) is 0 Å². The van der Waals surface area contributed by atoms with Crippen LogP contribution in [0.25, 0.3) is 11.1 Å². The highest BCUT2D eigenvalue weighted by atomic mass is 16.5. The molecule has 0 saturated heterocycles. The standard InChI is InChI=1S/C29H31N3O3/c1-21(3-4-22-5-11-26(12-6-22)29(34)31-18-17-28(33)35-2)20-32-27-15-13-25(14-16-27)24-9-7-23(19-30)8-10-24/h5-16,21,32H,3-4,17-18,20H2,1-2H3,(H,31,34). The maximum Gasteiger partial charge on any atom is 0.307 e. The lowest BCUT2D eigenvalue weighted by atomic mass is 10.00. The number of nitrogens with zero attached hydrogens (tertiary/aromatic N) is 1. The second-order valence-electron chi connectivity index (χ2n) is 8.57. The Bertz CT molecular complexity index is 1150. The molecule has 0 aliphatic rings. The van der Waals surface area contributed by atoms with Crippen molar-refractivity contribution >= 4 is 17.6 Å². The molecule has 6 nitrogen and oxygen atoms in total. The van der Waals surface area contributed by atoms with E-state index < -0.39 is 0 Å². The molecule has 3 rings (SSSR count). The summed E-state index contributed by atoms with van der Waals surface area (Å²) < 4.78 is 4.57. The Morgan fingerprint density at radius 2 is 1.57 bits per heavy atom. The van der Waals surface area contributed by atoms with Crippen molar-refractivity contribution in [2.75, 3.05) is 25.5 Å². The molecule has 180 valence electrons. The third kappa shape index (κ3) is 8.01. The largest absolute Gasteiger partial charge is 0.469 e. The summed E-state index contributed by atoms with van der Waals surface area (Å²) in [6.07, 6.45) is 2.12. The first kappa shape index (κ1) is 25.5. The van der Waals surface area contributed by atoms with Crippen LogP contribution in [-0.4, -0.2) is 32.1 Å². The summed E-state index contributed by atoms with van der Waals surface area (Å²) in [5.74, 6) is -0.0536. The Morgan fingerprint density at radius 3 is 2.17 bits per heavy atom. The Kier molecular flexibility index (Phi) is 9.44. The molecule has 0 aliphatic carbocycles. The minimum atomic E-state index is -0.343. The topological polar surface area (TPSA) is 91.2 Å². The number of nitrogens with one attached hydrogen (secondary N) is 2. The van der Waals surface area contributed by atoms with Gasteiger partial charge in [-0.05, 0) is 71.8 Å². The van der Waals surface area contributed by atoms with Gasteiger partial charge in [0, 0.05) is 24.3 Å². The fraction of sp³-hybridized carbons (Fsp3) is 0.276. The van der Waals surface area contributed by atoms with E-state index in [4.69, 9.17) is 5.26 Å². The number of aryl methyl sites for hydroxylation is 1. The summed E-state index contributed by atoms with van der Waals surface area (Å²) >= 11 is 0. The number of amides is 1. The molecule has 1 unspecified atom stereocenters. The quantitative estimate of drug-likeness (QED) is 0.377. The molecule has 0 heterocycles. The molecule has 1 amide bonds. The molecule has 0 aliphatic heterocycles. The molecular weight excluding hydrogens is 438 g/mol. The fourth-order valence-corrected chi connectivity index (χ4v) is 3.63. The van der Waals surface area contributed by atoms with E-state index in [1.807, 2.05) is 48.5 Å². The van der Waals surface area contributed by atoms with Crippen LogP contribution in [0.5, 0.6) is 0 Å². The summed E-state index contributed by atoms with van der Waals surface area (Å²) in [6, 6.07) is 25.7. The predicted molar refractivity (Wildman–Crippen MR) is 138 cm³/mol. The minimum absolute atomic E-state index is 0.160. The molecule has 0 radical (unpaired) electrons. The van der Waals surface area contributed by atoms with Gasteiger partial charge in [-0.2, -0.15) is 5.26 Å². The Labute approximate surface area is 206 Å². The average molecular weight is 470 g/mol. The maximum atomic E-state index is 12.2. The van der Waals surface area contributed by atoms with Gasteiger partial charge < -0.3 is 15.4 Å². The van der Waals surface area contributed by atoms with Crippen LogP contribution >= 0.6 is 0 Å². The van der Waals surface area contributed by atoms with Gasteiger partial charge in [0.1, 0.15) is 0 Å². The molecule has 0 saturated carbocycles. The van der Waals surface area contributed by atoms with Gasteiger partial charge in [-0.25, -0.2) is 0 Å². The van der Waals surface area contributed by atoms with E-state index in [9.17, 15) is 9.59 Å². The first-order valence-corrected chi connectivity index (χ1v) is 11.8. The summed E-state index contributed by atoms with van der Waals surface area (Å²) in [6.45, 7) is 3.36. The van der Waals surface area contributed by atoms with E-state index in [2.05, 4.69) is 52.6 Å². The molecular formula is C29H31N3O3. The summed E-state index contributed by atoms with van der Waals surface area (Å²) in [5, 5.41) is 15.2. The van der Waals surface area contributed by atoms with E-state index in [1.165, 1.54) is 12.7 Å². The maximum absolute atomic E-state index is 12.2. The minimum Gasteiger partial charge on any atom is -0.469 e. The van der Waals surface area contributed by atoms with Gasteiger partial charge >= 0.3 is 5.97 Å². The van der Waals surface area contributed by atoms with Gasteiger partial charge in [0.25, 0.3) is 5.91 Å². The van der Waals surface area contributed by atoms with Crippen molar-refractivity contribution in [3.05, 3.63) is 89.5 Å². The van der Waals surface area contributed by atoms with Crippen LogP contribution < -0.4 is 10.6 Å². The van der Waals surface area contributed by atoms with Crippen molar-refractivity contribution in [1.29, 1.82) is 5.26 Å². The highest BCUT2D eigenvalue weighted by Gasteiger charge is 2.08. The van der Waals surface area contributed by atoms with Gasteiger partial charge in [-0.15, -0.1) is 0 Å². The zero-order valence-electron chi connectivity index (χ0n) is 20.2. The molecule has 3 aromatic carbocycles. The number of benzene rings is 3. The van der Waals surface area contributed by atoms with Crippen molar-refractivity contribution in [2.24, 2.45) is 5.92 Å². The molecule has 0 aromatic heterocycles. The van der Waals surface area contributed by atoms with E-state index in [0.29, 0.717) is 17.0 Å². The Hall–Kier alpha value is -4.11. The Morgan fingerprint density at radius 1 is 0.943 bits per heavy atom.